The predicted octanol–water partition coefficient (Wildman–Crippen LogP) is 3.21. The summed E-state index contributed by atoms with van der Waals surface area (Å²) in [6.45, 7) is 3.09. The maximum absolute atomic E-state index is 13.6. The molecule has 10 nitrogen and oxygen atoms in total. The quantitative estimate of drug-likeness (QED) is 0.320. The lowest BCUT2D eigenvalue weighted by Gasteiger charge is -2.35. The Morgan fingerprint density at radius 3 is 2.76 bits per heavy atom. The van der Waals surface area contributed by atoms with Gasteiger partial charge in [0.1, 0.15) is 6.61 Å². The molecule has 0 radical (unpaired) electrons. The molecule has 1 unspecified atom stereocenters. The molecule has 4 heterocycles. The minimum atomic E-state index is -1.81. The van der Waals surface area contributed by atoms with Gasteiger partial charge in [-0.1, -0.05) is 32.0 Å². The third kappa shape index (κ3) is 2.94. The van der Waals surface area contributed by atoms with Crippen molar-refractivity contribution in [1.82, 2.24) is 9.55 Å². The normalized spacial score (nSPS) is 20.3. The highest BCUT2D eigenvalue weighted by atomic mass is 16.6. The number of hydrogen-bond donors (Lipinski definition) is 0. The van der Waals surface area contributed by atoms with E-state index in [9.17, 15) is 24.5 Å². The van der Waals surface area contributed by atoms with Crippen LogP contribution in [0.5, 0.6) is 0 Å². The standard InChI is InChI=1S/C24H21N3O7/c1-3-7-19(28)34-24(4-2)16-11-18-20-14(10-13-8-5-6-9-17(13)25-20)21(27(31)32)26(18)22(29)15(16)12-33-23(24)30/h5-6,8-11,21H,3-4,7,12H2,1-2H3/t21?,24-/m0/s1. The first-order valence-electron chi connectivity index (χ1n) is 11.0. The molecular weight excluding hydrogens is 442 g/mol. The summed E-state index contributed by atoms with van der Waals surface area (Å²) in [4.78, 5) is 55.1. The molecule has 2 aliphatic rings. The maximum atomic E-state index is 13.6. The maximum Gasteiger partial charge on any atom is 0.355 e. The second-order valence-electron chi connectivity index (χ2n) is 8.36. The highest BCUT2D eigenvalue weighted by Crippen LogP contribution is 2.44. The Hall–Kier alpha value is -4.08. The van der Waals surface area contributed by atoms with Gasteiger partial charge in [0.2, 0.25) is 5.60 Å². The number of pyridine rings is 2. The molecule has 0 fully saturated rings. The number of nitro groups is 1. The third-order valence-electron chi connectivity index (χ3n) is 6.41. The summed E-state index contributed by atoms with van der Waals surface area (Å²) in [6, 6.07) is 10.3. The highest BCUT2D eigenvalue weighted by Gasteiger charge is 2.51. The number of hydrogen-bond acceptors (Lipinski definition) is 8. The van der Waals surface area contributed by atoms with Gasteiger partial charge in [0.05, 0.1) is 33.0 Å². The first-order valence-corrected chi connectivity index (χ1v) is 11.0. The van der Waals surface area contributed by atoms with Crippen LogP contribution in [0.4, 0.5) is 0 Å². The smallest absolute Gasteiger partial charge is 0.355 e. The number of esters is 2. The SMILES string of the molecule is CCCC(=O)O[C@]1(CC)C(=O)OCc2c1cc1n(c2=O)C([N+](=O)[O-])c2cc3ccccc3nc2-1. The van der Waals surface area contributed by atoms with E-state index in [4.69, 9.17) is 9.47 Å². The van der Waals surface area contributed by atoms with Gasteiger partial charge in [-0.3, -0.25) is 19.7 Å². The van der Waals surface area contributed by atoms with Gasteiger partial charge in [-0.05, 0) is 31.0 Å². The van der Waals surface area contributed by atoms with Crippen LogP contribution in [0.15, 0.2) is 41.2 Å². The summed E-state index contributed by atoms with van der Waals surface area (Å²) in [5.74, 6) is -1.37. The molecule has 34 heavy (non-hydrogen) atoms. The molecule has 0 saturated carbocycles. The van der Waals surface area contributed by atoms with Crippen molar-refractivity contribution in [2.45, 2.75) is 51.5 Å². The zero-order valence-electron chi connectivity index (χ0n) is 18.6. The molecule has 0 aliphatic carbocycles. The zero-order valence-corrected chi connectivity index (χ0v) is 18.6. The average molecular weight is 463 g/mol. The predicted molar refractivity (Wildman–Crippen MR) is 119 cm³/mol. The van der Waals surface area contributed by atoms with Gasteiger partial charge in [-0.2, -0.15) is 0 Å². The summed E-state index contributed by atoms with van der Waals surface area (Å²) in [7, 11) is 0. The lowest BCUT2D eigenvalue weighted by atomic mass is 9.85. The summed E-state index contributed by atoms with van der Waals surface area (Å²) < 4.78 is 12.0. The van der Waals surface area contributed by atoms with Crippen LogP contribution in [0.2, 0.25) is 0 Å². The number of aromatic nitrogens is 2. The fourth-order valence-corrected chi connectivity index (χ4v) is 4.79. The van der Waals surface area contributed by atoms with Crippen molar-refractivity contribution >= 4 is 22.8 Å². The van der Waals surface area contributed by atoms with Gasteiger partial charge in [0.15, 0.2) is 0 Å². The Kier molecular flexibility index (Phi) is 4.96. The summed E-state index contributed by atoms with van der Waals surface area (Å²) >= 11 is 0. The van der Waals surface area contributed by atoms with Crippen LogP contribution in [-0.4, -0.2) is 26.4 Å². The van der Waals surface area contributed by atoms with Gasteiger partial charge < -0.3 is 9.47 Å². The van der Waals surface area contributed by atoms with Crippen molar-refractivity contribution in [2.75, 3.05) is 0 Å². The number of carbonyl (C=O) groups is 2. The van der Waals surface area contributed by atoms with Crippen LogP contribution in [0.25, 0.3) is 22.3 Å². The molecule has 2 aliphatic heterocycles. The molecule has 2 atom stereocenters. The number of fused-ring (bicyclic) bond motifs is 5. The van der Waals surface area contributed by atoms with E-state index in [1.807, 2.05) is 0 Å². The monoisotopic (exact) mass is 463 g/mol. The number of ether oxygens (including phenoxy) is 2. The molecule has 0 bridgehead atoms. The minimum Gasteiger partial charge on any atom is -0.457 e. The fraction of sp³-hybridized carbons (Fsp3) is 0.333. The van der Waals surface area contributed by atoms with Gasteiger partial charge >= 0.3 is 18.1 Å². The van der Waals surface area contributed by atoms with E-state index in [0.29, 0.717) is 17.3 Å². The van der Waals surface area contributed by atoms with Crippen LogP contribution < -0.4 is 5.56 Å². The van der Waals surface area contributed by atoms with Crippen LogP contribution in [0.1, 0.15) is 56.0 Å². The van der Waals surface area contributed by atoms with E-state index in [1.54, 1.807) is 44.2 Å². The molecule has 3 aromatic rings. The minimum absolute atomic E-state index is 0.0356. The zero-order chi connectivity index (χ0) is 24.2. The van der Waals surface area contributed by atoms with Crippen LogP contribution >= 0.6 is 0 Å². The first-order chi connectivity index (χ1) is 16.3. The largest absolute Gasteiger partial charge is 0.457 e. The molecule has 0 N–H and O–H groups in total. The van der Waals surface area contributed by atoms with Crippen molar-refractivity contribution in [1.29, 1.82) is 0 Å². The van der Waals surface area contributed by atoms with Crippen molar-refractivity contribution in [2.24, 2.45) is 0 Å². The number of rotatable bonds is 5. The van der Waals surface area contributed by atoms with Gasteiger partial charge in [-0.25, -0.2) is 14.3 Å². The van der Waals surface area contributed by atoms with E-state index in [-0.39, 0.29) is 47.5 Å². The topological polar surface area (TPSA) is 131 Å². The van der Waals surface area contributed by atoms with Gasteiger partial charge in [0, 0.05) is 17.4 Å². The Labute approximate surface area is 193 Å². The van der Waals surface area contributed by atoms with Crippen molar-refractivity contribution in [3.8, 4) is 11.4 Å². The fourth-order valence-electron chi connectivity index (χ4n) is 4.79. The average Bonchev–Trinajstić information content (AvgIpc) is 3.13. The summed E-state index contributed by atoms with van der Waals surface area (Å²) in [6.07, 6.45) is -0.833. The van der Waals surface area contributed by atoms with E-state index < -0.39 is 34.2 Å². The van der Waals surface area contributed by atoms with Gasteiger partial charge in [0.25, 0.3) is 5.56 Å². The molecule has 5 rings (SSSR count). The summed E-state index contributed by atoms with van der Waals surface area (Å²) in [5.41, 5.74) is -0.866. The van der Waals surface area contributed by atoms with Crippen LogP contribution in [0, 0.1) is 10.1 Å². The number of benzene rings is 1. The lowest BCUT2D eigenvalue weighted by Crippen LogP contribution is -2.47. The van der Waals surface area contributed by atoms with Crippen molar-refractivity contribution < 1.29 is 24.0 Å². The van der Waals surface area contributed by atoms with E-state index >= 15 is 0 Å². The molecular formula is C24H21N3O7. The highest BCUT2D eigenvalue weighted by molar-refractivity contribution is 5.88. The van der Waals surface area contributed by atoms with E-state index in [2.05, 4.69) is 4.98 Å². The Bertz CT molecular complexity index is 1440. The first kappa shape index (κ1) is 21.7. The van der Waals surface area contributed by atoms with Crippen LogP contribution in [0.3, 0.4) is 0 Å². The van der Waals surface area contributed by atoms with E-state index in [0.717, 1.165) is 4.57 Å². The number of nitrogens with zero attached hydrogens (tertiary/aromatic N) is 3. The number of carbonyl (C=O) groups excluding carboxylic acids is 2. The lowest BCUT2D eigenvalue weighted by molar-refractivity contribution is -0.534. The Morgan fingerprint density at radius 2 is 2.06 bits per heavy atom. The van der Waals surface area contributed by atoms with E-state index in [1.165, 1.54) is 6.07 Å². The Balaban J connectivity index is 1.81. The van der Waals surface area contributed by atoms with Crippen LogP contribution in [-0.2, 0) is 31.3 Å². The second kappa shape index (κ2) is 7.75. The Morgan fingerprint density at radius 1 is 1.29 bits per heavy atom. The number of cyclic esters (lactones) is 1. The molecule has 0 saturated heterocycles. The van der Waals surface area contributed by atoms with Gasteiger partial charge in [-0.15, -0.1) is 0 Å². The molecule has 2 aromatic heterocycles. The second-order valence-corrected chi connectivity index (χ2v) is 8.36. The summed E-state index contributed by atoms with van der Waals surface area (Å²) in [5, 5.41) is 12.8. The molecule has 174 valence electrons. The van der Waals surface area contributed by atoms with Crippen molar-refractivity contribution in [3.05, 3.63) is 73.6 Å². The molecule has 0 spiro atoms. The van der Waals surface area contributed by atoms with Crippen molar-refractivity contribution in [3.63, 3.8) is 0 Å². The molecule has 0 amide bonds. The molecule has 1 aromatic carbocycles. The molecule has 10 heteroatoms. The number of para-hydroxylation sites is 1. The third-order valence-corrected chi connectivity index (χ3v) is 6.41.